The van der Waals surface area contributed by atoms with Crippen molar-refractivity contribution in [2.24, 2.45) is 0 Å². The van der Waals surface area contributed by atoms with Crippen LogP contribution in [0.5, 0.6) is 0 Å². The third-order valence-corrected chi connectivity index (χ3v) is 3.06. The van der Waals surface area contributed by atoms with Gasteiger partial charge in [0, 0.05) is 11.9 Å². The number of carbonyl (C=O) groups is 1. The molecule has 0 unspecified atom stereocenters. The predicted molar refractivity (Wildman–Crippen MR) is 85.9 cm³/mol. The van der Waals surface area contributed by atoms with Crippen LogP contribution in [0.3, 0.4) is 0 Å². The van der Waals surface area contributed by atoms with Crippen LogP contribution in [-0.2, 0) is 4.74 Å². The number of aromatic nitrogens is 2. The van der Waals surface area contributed by atoms with E-state index in [-0.39, 0.29) is 0 Å². The summed E-state index contributed by atoms with van der Waals surface area (Å²) in [7, 11) is 0. The molecule has 21 heavy (non-hydrogen) atoms. The highest BCUT2D eigenvalue weighted by atomic mass is 79.9. The number of anilines is 1. The van der Waals surface area contributed by atoms with Crippen molar-refractivity contribution in [2.75, 3.05) is 5.32 Å². The monoisotopic (exact) mass is 351 g/mol. The summed E-state index contributed by atoms with van der Waals surface area (Å²) in [5.41, 5.74) is 2.09. The summed E-state index contributed by atoms with van der Waals surface area (Å²) in [6.07, 6.45) is 3.10. The average molecular weight is 352 g/mol. The third kappa shape index (κ3) is 4.32. The van der Waals surface area contributed by atoms with Gasteiger partial charge >= 0.3 is 6.09 Å². The molecule has 1 N–H and O–H groups in total. The lowest BCUT2D eigenvalue weighted by Gasteiger charge is -2.20. The minimum absolute atomic E-state index is 0.473. The normalized spacial score (nSPS) is 11.3. The molecule has 0 bridgehead atoms. The minimum atomic E-state index is -0.523. The van der Waals surface area contributed by atoms with E-state index < -0.39 is 11.7 Å². The van der Waals surface area contributed by atoms with E-state index in [2.05, 4.69) is 26.3 Å². The van der Waals surface area contributed by atoms with E-state index in [1.807, 2.05) is 52.1 Å². The van der Waals surface area contributed by atoms with Crippen LogP contribution in [0, 0.1) is 6.92 Å². The van der Waals surface area contributed by atoms with Crippen molar-refractivity contribution in [3.05, 3.63) is 40.6 Å². The highest BCUT2D eigenvalue weighted by molar-refractivity contribution is 9.10. The molecule has 1 aromatic carbocycles. The lowest BCUT2D eigenvalue weighted by Crippen LogP contribution is -2.27. The number of carbonyl (C=O) groups excluding carboxylic acids is 1. The standard InChI is InChI=1S/C15H18BrN3O2/c1-10-5-6-12(18-14(20)21-15(2,3)4)7-13(10)19-9-11(16)8-17-19/h5-9H,1-4H3,(H,18,20). The molecule has 1 amide bonds. The van der Waals surface area contributed by atoms with Gasteiger partial charge in [-0.15, -0.1) is 0 Å². The molecular weight excluding hydrogens is 334 g/mol. The van der Waals surface area contributed by atoms with Crippen molar-refractivity contribution >= 4 is 27.7 Å². The lowest BCUT2D eigenvalue weighted by atomic mass is 10.2. The van der Waals surface area contributed by atoms with Crippen LogP contribution in [0.25, 0.3) is 5.69 Å². The van der Waals surface area contributed by atoms with Crippen molar-refractivity contribution in [3.8, 4) is 5.69 Å². The maximum absolute atomic E-state index is 11.8. The van der Waals surface area contributed by atoms with Gasteiger partial charge in [0.1, 0.15) is 5.60 Å². The molecule has 0 aliphatic rings. The number of ether oxygens (including phenoxy) is 1. The van der Waals surface area contributed by atoms with Crippen LogP contribution < -0.4 is 5.32 Å². The molecule has 0 aliphatic carbocycles. The Morgan fingerprint density at radius 3 is 2.67 bits per heavy atom. The predicted octanol–water partition coefficient (Wildman–Crippen LogP) is 4.29. The Bertz CT molecular complexity index is 659. The second kappa shape index (κ2) is 5.89. The van der Waals surface area contributed by atoms with Gasteiger partial charge in [-0.05, 0) is 61.3 Å². The van der Waals surface area contributed by atoms with Gasteiger partial charge in [0.25, 0.3) is 0 Å². The quantitative estimate of drug-likeness (QED) is 0.877. The summed E-state index contributed by atoms with van der Waals surface area (Å²) < 4.78 is 7.89. The molecule has 1 aromatic heterocycles. The molecule has 5 nitrogen and oxygen atoms in total. The van der Waals surface area contributed by atoms with E-state index in [1.165, 1.54) is 0 Å². The SMILES string of the molecule is Cc1ccc(NC(=O)OC(C)(C)C)cc1-n1cc(Br)cn1. The van der Waals surface area contributed by atoms with Crippen LogP contribution in [0.15, 0.2) is 35.1 Å². The van der Waals surface area contributed by atoms with Gasteiger partial charge in [-0.1, -0.05) is 6.07 Å². The van der Waals surface area contributed by atoms with Crippen molar-refractivity contribution < 1.29 is 9.53 Å². The highest BCUT2D eigenvalue weighted by Gasteiger charge is 2.16. The van der Waals surface area contributed by atoms with Gasteiger partial charge in [-0.3, -0.25) is 5.32 Å². The Hall–Kier alpha value is -1.82. The fraction of sp³-hybridized carbons (Fsp3) is 0.333. The van der Waals surface area contributed by atoms with Crippen molar-refractivity contribution in [1.29, 1.82) is 0 Å². The van der Waals surface area contributed by atoms with E-state index in [0.717, 1.165) is 15.7 Å². The van der Waals surface area contributed by atoms with E-state index >= 15 is 0 Å². The summed E-state index contributed by atoms with van der Waals surface area (Å²) in [5.74, 6) is 0. The Balaban J connectivity index is 2.21. The zero-order chi connectivity index (χ0) is 15.6. The van der Waals surface area contributed by atoms with E-state index in [1.54, 1.807) is 10.9 Å². The smallest absolute Gasteiger partial charge is 0.412 e. The van der Waals surface area contributed by atoms with Crippen LogP contribution in [0.2, 0.25) is 0 Å². The second-order valence-electron chi connectivity index (χ2n) is 5.73. The van der Waals surface area contributed by atoms with Crippen LogP contribution in [0.1, 0.15) is 26.3 Å². The first kappa shape index (κ1) is 15.6. The summed E-state index contributed by atoms with van der Waals surface area (Å²) in [4.78, 5) is 11.8. The molecule has 1 heterocycles. The summed E-state index contributed by atoms with van der Waals surface area (Å²) in [6, 6.07) is 5.62. The van der Waals surface area contributed by atoms with Gasteiger partial charge in [0.05, 0.1) is 16.4 Å². The van der Waals surface area contributed by atoms with E-state index in [9.17, 15) is 4.79 Å². The van der Waals surface area contributed by atoms with Crippen LogP contribution >= 0.6 is 15.9 Å². The number of halogens is 1. The average Bonchev–Trinajstić information content (AvgIpc) is 2.76. The number of aryl methyl sites for hydroxylation is 1. The van der Waals surface area contributed by atoms with Gasteiger partial charge in [0.2, 0.25) is 0 Å². The molecule has 0 spiro atoms. The minimum Gasteiger partial charge on any atom is -0.444 e. The fourth-order valence-electron chi connectivity index (χ4n) is 1.79. The molecule has 0 atom stereocenters. The first-order chi connectivity index (χ1) is 9.74. The largest absolute Gasteiger partial charge is 0.444 e. The first-order valence-electron chi connectivity index (χ1n) is 6.56. The van der Waals surface area contributed by atoms with Crippen molar-refractivity contribution in [2.45, 2.75) is 33.3 Å². The number of nitrogens with zero attached hydrogens (tertiary/aromatic N) is 2. The van der Waals surface area contributed by atoms with Crippen LogP contribution in [0.4, 0.5) is 10.5 Å². The molecule has 6 heteroatoms. The maximum Gasteiger partial charge on any atom is 0.412 e. The summed E-state index contributed by atoms with van der Waals surface area (Å²) in [5, 5.41) is 6.98. The molecule has 0 fully saturated rings. The Labute approximate surface area is 132 Å². The molecule has 0 aliphatic heterocycles. The summed E-state index contributed by atoms with van der Waals surface area (Å²) in [6.45, 7) is 7.47. The fourth-order valence-corrected chi connectivity index (χ4v) is 2.07. The number of hydrogen-bond acceptors (Lipinski definition) is 3. The Morgan fingerprint density at radius 1 is 1.38 bits per heavy atom. The number of rotatable bonds is 2. The number of amides is 1. The second-order valence-corrected chi connectivity index (χ2v) is 6.65. The molecule has 0 saturated heterocycles. The topological polar surface area (TPSA) is 56.1 Å². The zero-order valence-electron chi connectivity index (χ0n) is 12.5. The van der Waals surface area contributed by atoms with Gasteiger partial charge in [-0.2, -0.15) is 5.10 Å². The lowest BCUT2D eigenvalue weighted by molar-refractivity contribution is 0.0636. The van der Waals surface area contributed by atoms with Gasteiger partial charge in [0.15, 0.2) is 0 Å². The number of benzene rings is 1. The number of nitrogens with one attached hydrogen (secondary N) is 1. The highest BCUT2D eigenvalue weighted by Crippen LogP contribution is 2.21. The molecule has 0 saturated carbocycles. The molecule has 2 aromatic rings. The van der Waals surface area contributed by atoms with E-state index in [4.69, 9.17) is 4.74 Å². The zero-order valence-corrected chi connectivity index (χ0v) is 14.1. The van der Waals surface area contributed by atoms with Crippen molar-refractivity contribution in [3.63, 3.8) is 0 Å². The Morgan fingerprint density at radius 2 is 2.10 bits per heavy atom. The molecule has 112 valence electrons. The maximum atomic E-state index is 11.8. The van der Waals surface area contributed by atoms with E-state index in [0.29, 0.717) is 5.69 Å². The molecule has 0 radical (unpaired) electrons. The Kier molecular flexibility index (Phi) is 4.37. The summed E-state index contributed by atoms with van der Waals surface area (Å²) >= 11 is 3.37. The third-order valence-electron chi connectivity index (χ3n) is 2.65. The van der Waals surface area contributed by atoms with Gasteiger partial charge < -0.3 is 4.74 Å². The van der Waals surface area contributed by atoms with Crippen molar-refractivity contribution in [1.82, 2.24) is 9.78 Å². The molecular formula is C15H18BrN3O2. The first-order valence-corrected chi connectivity index (χ1v) is 7.35. The molecule has 2 rings (SSSR count). The van der Waals surface area contributed by atoms with Crippen LogP contribution in [-0.4, -0.2) is 21.5 Å². The number of hydrogen-bond donors (Lipinski definition) is 1. The van der Waals surface area contributed by atoms with Gasteiger partial charge in [-0.25, -0.2) is 9.48 Å².